The average molecular weight is 490 g/mol. The predicted molar refractivity (Wildman–Crippen MR) is 141 cm³/mol. The van der Waals surface area contributed by atoms with Crippen LogP contribution in [0.5, 0.6) is 5.75 Å². The molecule has 7 nitrogen and oxygen atoms in total. The van der Waals surface area contributed by atoms with Gasteiger partial charge in [0.1, 0.15) is 5.75 Å². The minimum Gasteiger partial charge on any atom is -0.507 e. The summed E-state index contributed by atoms with van der Waals surface area (Å²) < 4.78 is 11.5. The van der Waals surface area contributed by atoms with E-state index in [1.807, 2.05) is 46.4 Å². The number of phenolic OH excluding ortho intramolecular Hbond substituents is 1. The van der Waals surface area contributed by atoms with Crippen LogP contribution in [-0.2, 0) is 20.3 Å². The molecule has 1 fully saturated rings. The van der Waals surface area contributed by atoms with Crippen LogP contribution in [-0.4, -0.2) is 66.4 Å². The monoisotopic (exact) mass is 489 g/mol. The van der Waals surface area contributed by atoms with Gasteiger partial charge in [-0.3, -0.25) is 10.2 Å². The molecule has 0 aromatic heterocycles. The summed E-state index contributed by atoms with van der Waals surface area (Å²) in [6.45, 7) is 17.2. The third-order valence-corrected chi connectivity index (χ3v) is 7.18. The zero-order chi connectivity index (χ0) is 26.7. The SMILES string of the molecule is CCC(CC)CCN1C(=N)N(CC(=O)c2cc(C(C)(C)C)c(O)c(C(C)(C)C)c2)C(OC)C1OC. The maximum atomic E-state index is 13.6. The standard InChI is InChI=1S/C28H47N3O4/c1-11-18(12-2)13-14-30-24(34-9)25(35-10)31(26(30)29)17-22(32)19-15-20(27(3,4)5)23(33)21(16-19)28(6,7)8/h15-16,18,24-25,29,33H,11-14,17H2,1-10H3. The van der Waals surface area contributed by atoms with E-state index in [0.717, 1.165) is 30.4 Å². The number of ether oxygens (including phenoxy) is 2. The van der Waals surface area contributed by atoms with E-state index < -0.39 is 12.5 Å². The molecule has 1 aliphatic rings. The first-order chi connectivity index (χ1) is 16.2. The summed E-state index contributed by atoms with van der Waals surface area (Å²) in [5.74, 6) is 0.955. The molecular weight excluding hydrogens is 442 g/mol. The summed E-state index contributed by atoms with van der Waals surface area (Å²) in [6.07, 6.45) is 2.13. The first-order valence-electron chi connectivity index (χ1n) is 12.8. The summed E-state index contributed by atoms with van der Waals surface area (Å²) in [5, 5.41) is 19.9. The number of Topliss-reactive ketones (excluding diaryl/α,β-unsaturated/α-hetero) is 1. The van der Waals surface area contributed by atoms with Crippen molar-refractivity contribution in [3.05, 3.63) is 28.8 Å². The van der Waals surface area contributed by atoms with E-state index in [9.17, 15) is 9.90 Å². The Bertz CT molecular complexity index is 861. The Morgan fingerprint density at radius 3 is 1.83 bits per heavy atom. The Morgan fingerprint density at radius 2 is 1.43 bits per heavy atom. The van der Waals surface area contributed by atoms with Crippen LogP contribution in [0.3, 0.4) is 0 Å². The van der Waals surface area contributed by atoms with Crippen molar-refractivity contribution < 1.29 is 19.4 Å². The molecule has 35 heavy (non-hydrogen) atoms. The van der Waals surface area contributed by atoms with Gasteiger partial charge in [0.2, 0.25) is 0 Å². The Balaban J connectivity index is 2.39. The number of carbonyl (C=O) groups excluding carboxylic acids is 1. The van der Waals surface area contributed by atoms with E-state index >= 15 is 0 Å². The number of ketones is 1. The number of phenols is 1. The number of nitrogens with zero attached hydrogens (tertiary/aromatic N) is 2. The van der Waals surface area contributed by atoms with E-state index in [1.165, 1.54) is 0 Å². The second kappa shape index (κ2) is 11.3. The molecule has 198 valence electrons. The minimum atomic E-state index is -0.556. The summed E-state index contributed by atoms with van der Waals surface area (Å²) in [5.41, 5.74) is 1.36. The van der Waals surface area contributed by atoms with Crippen molar-refractivity contribution in [1.29, 1.82) is 5.41 Å². The van der Waals surface area contributed by atoms with Crippen LogP contribution in [0, 0.1) is 11.3 Å². The van der Waals surface area contributed by atoms with Crippen molar-refractivity contribution in [2.24, 2.45) is 5.92 Å². The maximum Gasteiger partial charge on any atom is 0.198 e. The second-order valence-electron chi connectivity index (χ2n) is 11.7. The maximum absolute atomic E-state index is 13.6. The number of hydrogen-bond acceptors (Lipinski definition) is 5. The van der Waals surface area contributed by atoms with Crippen molar-refractivity contribution in [3.63, 3.8) is 0 Å². The molecule has 0 aliphatic carbocycles. The molecule has 0 spiro atoms. The molecule has 1 aromatic rings. The molecule has 2 atom stereocenters. The number of guanidine groups is 1. The van der Waals surface area contributed by atoms with Gasteiger partial charge in [-0.1, -0.05) is 68.2 Å². The Kier molecular flexibility index (Phi) is 9.39. The fourth-order valence-corrected chi connectivity index (χ4v) is 4.80. The third-order valence-electron chi connectivity index (χ3n) is 7.18. The molecule has 2 N–H and O–H groups in total. The lowest BCUT2D eigenvalue weighted by molar-refractivity contribution is -0.106. The lowest BCUT2D eigenvalue weighted by atomic mass is 9.78. The Hall–Kier alpha value is -2.12. The number of benzene rings is 1. The van der Waals surface area contributed by atoms with E-state index in [-0.39, 0.29) is 34.9 Å². The van der Waals surface area contributed by atoms with Gasteiger partial charge in [-0.2, -0.15) is 0 Å². The number of carbonyl (C=O) groups is 1. The smallest absolute Gasteiger partial charge is 0.198 e. The van der Waals surface area contributed by atoms with E-state index in [0.29, 0.717) is 18.0 Å². The quantitative estimate of drug-likeness (QED) is 0.423. The molecule has 1 aliphatic heterocycles. The predicted octanol–water partition coefficient (Wildman–Crippen LogP) is 5.49. The molecule has 1 saturated heterocycles. The van der Waals surface area contributed by atoms with Crippen molar-refractivity contribution in [1.82, 2.24) is 9.80 Å². The highest BCUT2D eigenvalue weighted by Gasteiger charge is 2.45. The molecule has 0 radical (unpaired) electrons. The van der Waals surface area contributed by atoms with Gasteiger partial charge >= 0.3 is 0 Å². The van der Waals surface area contributed by atoms with Crippen LogP contribution < -0.4 is 0 Å². The Labute approximate surface area is 212 Å². The van der Waals surface area contributed by atoms with Crippen LogP contribution in [0.25, 0.3) is 0 Å². The molecule has 0 bridgehead atoms. The van der Waals surface area contributed by atoms with E-state index in [2.05, 4.69) is 13.8 Å². The van der Waals surface area contributed by atoms with Gasteiger partial charge in [-0.25, -0.2) is 0 Å². The fourth-order valence-electron chi connectivity index (χ4n) is 4.80. The zero-order valence-corrected chi connectivity index (χ0v) is 23.5. The van der Waals surface area contributed by atoms with Gasteiger partial charge in [0, 0.05) is 37.5 Å². The highest BCUT2D eigenvalue weighted by molar-refractivity contribution is 6.00. The van der Waals surface area contributed by atoms with E-state index in [4.69, 9.17) is 14.9 Å². The normalized spacial score (nSPS) is 19.2. The van der Waals surface area contributed by atoms with Crippen molar-refractivity contribution >= 4 is 11.7 Å². The molecule has 2 unspecified atom stereocenters. The van der Waals surface area contributed by atoms with E-state index in [1.54, 1.807) is 31.3 Å². The average Bonchev–Trinajstić information content (AvgIpc) is 3.02. The van der Waals surface area contributed by atoms with Crippen molar-refractivity contribution in [2.75, 3.05) is 27.3 Å². The lowest BCUT2D eigenvalue weighted by Crippen LogP contribution is -2.42. The van der Waals surface area contributed by atoms with Gasteiger partial charge < -0.3 is 24.4 Å². The first kappa shape index (κ1) is 29.1. The number of aromatic hydroxyl groups is 1. The number of hydrogen-bond donors (Lipinski definition) is 2. The van der Waals surface area contributed by atoms with Gasteiger partial charge in [0.15, 0.2) is 24.2 Å². The zero-order valence-electron chi connectivity index (χ0n) is 23.5. The highest BCUT2D eigenvalue weighted by Crippen LogP contribution is 2.40. The molecular formula is C28H47N3O4. The van der Waals surface area contributed by atoms with Crippen LogP contribution >= 0.6 is 0 Å². The van der Waals surface area contributed by atoms with Crippen LogP contribution in [0.4, 0.5) is 0 Å². The highest BCUT2D eigenvalue weighted by atomic mass is 16.6. The van der Waals surface area contributed by atoms with Crippen LogP contribution in [0.2, 0.25) is 0 Å². The third kappa shape index (κ3) is 6.36. The number of methoxy groups -OCH3 is 2. The second-order valence-corrected chi connectivity index (χ2v) is 11.7. The summed E-state index contributed by atoms with van der Waals surface area (Å²) in [6, 6.07) is 3.60. The van der Waals surface area contributed by atoms with Gasteiger partial charge in [-0.15, -0.1) is 0 Å². The first-order valence-corrected chi connectivity index (χ1v) is 12.8. The van der Waals surface area contributed by atoms with Crippen molar-refractivity contribution in [3.8, 4) is 5.75 Å². The largest absolute Gasteiger partial charge is 0.507 e. The topological polar surface area (TPSA) is 86.1 Å². The molecule has 2 rings (SSSR count). The minimum absolute atomic E-state index is 0.00335. The van der Waals surface area contributed by atoms with Gasteiger partial charge in [-0.05, 0) is 35.3 Å². The number of nitrogens with one attached hydrogen (secondary N) is 1. The fraction of sp³-hybridized carbons (Fsp3) is 0.714. The summed E-state index contributed by atoms with van der Waals surface area (Å²) >= 11 is 0. The molecule has 0 amide bonds. The summed E-state index contributed by atoms with van der Waals surface area (Å²) in [4.78, 5) is 17.2. The van der Waals surface area contributed by atoms with Crippen LogP contribution in [0.15, 0.2) is 12.1 Å². The molecule has 7 heteroatoms. The van der Waals surface area contributed by atoms with Crippen molar-refractivity contribution in [2.45, 2.75) is 97.9 Å². The molecule has 0 saturated carbocycles. The van der Waals surface area contributed by atoms with Gasteiger partial charge in [0.05, 0.1) is 6.54 Å². The lowest BCUT2D eigenvalue weighted by Gasteiger charge is -2.29. The molecule has 1 heterocycles. The van der Waals surface area contributed by atoms with Crippen LogP contribution in [0.1, 0.15) is 96.1 Å². The van der Waals surface area contributed by atoms with Gasteiger partial charge in [0.25, 0.3) is 0 Å². The molecule has 1 aromatic carbocycles. The Morgan fingerprint density at radius 1 is 0.971 bits per heavy atom. The summed E-state index contributed by atoms with van der Waals surface area (Å²) in [7, 11) is 3.20. The number of rotatable bonds is 10.